The van der Waals surface area contributed by atoms with Crippen molar-refractivity contribution in [2.24, 2.45) is 0 Å². The number of nitrogens with zero attached hydrogens (tertiary/aromatic N) is 3. The van der Waals surface area contributed by atoms with E-state index in [0.717, 1.165) is 19.6 Å². The fourth-order valence-electron chi connectivity index (χ4n) is 3.22. The minimum atomic E-state index is -0.556. The molecule has 1 amide bonds. The van der Waals surface area contributed by atoms with Gasteiger partial charge >= 0.3 is 0 Å². The van der Waals surface area contributed by atoms with Crippen molar-refractivity contribution in [2.45, 2.75) is 12.6 Å². The summed E-state index contributed by atoms with van der Waals surface area (Å²) in [6, 6.07) is 11.5. The van der Waals surface area contributed by atoms with E-state index in [1.807, 2.05) is 41.4 Å². The van der Waals surface area contributed by atoms with Crippen molar-refractivity contribution in [3.8, 4) is 11.5 Å². The van der Waals surface area contributed by atoms with Crippen LogP contribution in [0.4, 0.5) is 0 Å². The van der Waals surface area contributed by atoms with Gasteiger partial charge in [-0.1, -0.05) is 18.2 Å². The molecule has 0 spiro atoms. The Morgan fingerprint density at radius 1 is 1.08 bits per heavy atom. The molecule has 3 heterocycles. The predicted molar refractivity (Wildman–Crippen MR) is 92.4 cm³/mol. The van der Waals surface area contributed by atoms with Crippen molar-refractivity contribution in [1.82, 2.24) is 14.8 Å². The van der Waals surface area contributed by atoms with Gasteiger partial charge in [-0.3, -0.25) is 14.7 Å². The summed E-state index contributed by atoms with van der Waals surface area (Å²) in [6.45, 7) is 4.26. The first-order valence-corrected chi connectivity index (χ1v) is 8.58. The van der Waals surface area contributed by atoms with Gasteiger partial charge in [0.05, 0.1) is 0 Å². The molecule has 2 aromatic rings. The molecule has 2 aliphatic rings. The van der Waals surface area contributed by atoms with Crippen LogP contribution in [-0.4, -0.2) is 59.6 Å². The lowest BCUT2D eigenvalue weighted by atomic mass is 10.2. The first-order valence-electron chi connectivity index (χ1n) is 8.58. The lowest BCUT2D eigenvalue weighted by Gasteiger charge is -2.37. The summed E-state index contributed by atoms with van der Waals surface area (Å²) in [5.74, 6) is 1.35. The predicted octanol–water partition coefficient (Wildman–Crippen LogP) is 1.57. The summed E-state index contributed by atoms with van der Waals surface area (Å²) < 4.78 is 11.5. The third-order valence-corrected chi connectivity index (χ3v) is 4.60. The second-order valence-electron chi connectivity index (χ2n) is 6.33. The first kappa shape index (κ1) is 15.9. The minimum absolute atomic E-state index is 0.00975. The van der Waals surface area contributed by atoms with Crippen LogP contribution >= 0.6 is 0 Å². The molecule has 6 nitrogen and oxygen atoms in total. The number of aromatic nitrogens is 1. The molecular formula is C19H21N3O3. The second kappa shape index (κ2) is 7.11. The Labute approximate surface area is 147 Å². The summed E-state index contributed by atoms with van der Waals surface area (Å²) in [5.41, 5.74) is 1.20. The number of para-hydroxylation sites is 2. The summed E-state index contributed by atoms with van der Waals surface area (Å²) in [5, 5.41) is 0. The van der Waals surface area contributed by atoms with Gasteiger partial charge in [0.15, 0.2) is 11.5 Å². The molecule has 25 heavy (non-hydrogen) atoms. The first-order chi connectivity index (χ1) is 12.3. The summed E-state index contributed by atoms with van der Waals surface area (Å²) in [7, 11) is 0. The molecular weight excluding hydrogens is 318 g/mol. The van der Waals surface area contributed by atoms with E-state index in [4.69, 9.17) is 9.47 Å². The van der Waals surface area contributed by atoms with Gasteiger partial charge in [-0.05, 0) is 23.8 Å². The zero-order valence-electron chi connectivity index (χ0n) is 14.0. The van der Waals surface area contributed by atoms with Crippen molar-refractivity contribution in [2.75, 3.05) is 32.8 Å². The number of fused-ring (bicyclic) bond motifs is 1. The maximum atomic E-state index is 12.7. The quantitative estimate of drug-likeness (QED) is 0.850. The van der Waals surface area contributed by atoms with Crippen LogP contribution in [0.3, 0.4) is 0 Å². The standard InChI is InChI=1S/C19H21N3O3/c23-19(18-14-24-16-5-1-2-6-17(16)25-18)22-10-8-21(9-11-22)13-15-4-3-7-20-12-15/h1-7,12,18H,8-11,13-14H2/t18-/m0/s1. The Hall–Kier alpha value is -2.60. The number of amides is 1. The number of carbonyl (C=O) groups is 1. The average molecular weight is 339 g/mol. The van der Waals surface area contributed by atoms with E-state index in [-0.39, 0.29) is 12.5 Å². The molecule has 1 saturated heterocycles. The Morgan fingerprint density at radius 2 is 1.88 bits per heavy atom. The van der Waals surface area contributed by atoms with Crippen LogP contribution in [-0.2, 0) is 11.3 Å². The van der Waals surface area contributed by atoms with E-state index in [9.17, 15) is 4.79 Å². The molecule has 0 bridgehead atoms. The van der Waals surface area contributed by atoms with E-state index in [0.29, 0.717) is 24.6 Å². The van der Waals surface area contributed by atoms with Crippen molar-refractivity contribution < 1.29 is 14.3 Å². The average Bonchev–Trinajstić information content (AvgIpc) is 2.68. The lowest BCUT2D eigenvalue weighted by Crippen LogP contribution is -2.53. The molecule has 2 aliphatic heterocycles. The molecule has 0 radical (unpaired) electrons. The summed E-state index contributed by atoms with van der Waals surface area (Å²) >= 11 is 0. The summed E-state index contributed by atoms with van der Waals surface area (Å²) in [6.07, 6.45) is 3.12. The Balaban J connectivity index is 1.31. The number of benzene rings is 1. The van der Waals surface area contributed by atoms with Gasteiger partial charge in [0.1, 0.15) is 6.61 Å². The van der Waals surface area contributed by atoms with Crippen molar-refractivity contribution in [3.63, 3.8) is 0 Å². The number of hydrogen-bond acceptors (Lipinski definition) is 5. The zero-order valence-corrected chi connectivity index (χ0v) is 14.0. The van der Waals surface area contributed by atoms with Gasteiger partial charge in [-0.2, -0.15) is 0 Å². The highest BCUT2D eigenvalue weighted by atomic mass is 16.6. The highest BCUT2D eigenvalue weighted by Crippen LogP contribution is 2.31. The third kappa shape index (κ3) is 3.58. The van der Waals surface area contributed by atoms with Gasteiger partial charge < -0.3 is 14.4 Å². The van der Waals surface area contributed by atoms with E-state index in [1.165, 1.54) is 5.56 Å². The van der Waals surface area contributed by atoms with E-state index >= 15 is 0 Å². The van der Waals surface area contributed by atoms with Crippen LogP contribution in [0.15, 0.2) is 48.8 Å². The number of piperazine rings is 1. The lowest BCUT2D eigenvalue weighted by molar-refractivity contribution is -0.143. The molecule has 1 fully saturated rings. The molecule has 1 atom stereocenters. The third-order valence-electron chi connectivity index (χ3n) is 4.60. The van der Waals surface area contributed by atoms with Gasteiger partial charge in [0, 0.05) is 45.1 Å². The zero-order chi connectivity index (χ0) is 17.1. The van der Waals surface area contributed by atoms with Crippen molar-refractivity contribution in [3.05, 3.63) is 54.4 Å². The number of rotatable bonds is 3. The van der Waals surface area contributed by atoms with Gasteiger partial charge in [0.25, 0.3) is 5.91 Å². The number of ether oxygens (including phenoxy) is 2. The van der Waals surface area contributed by atoms with Gasteiger partial charge in [-0.25, -0.2) is 0 Å². The molecule has 130 valence electrons. The maximum Gasteiger partial charge on any atom is 0.267 e. The monoisotopic (exact) mass is 339 g/mol. The van der Waals surface area contributed by atoms with Crippen LogP contribution in [0.2, 0.25) is 0 Å². The minimum Gasteiger partial charge on any atom is -0.485 e. The molecule has 0 N–H and O–H groups in total. The highest BCUT2D eigenvalue weighted by Gasteiger charge is 2.32. The molecule has 6 heteroatoms. The Bertz CT molecular complexity index is 730. The topological polar surface area (TPSA) is 54.9 Å². The van der Waals surface area contributed by atoms with E-state index in [1.54, 1.807) is 6.20 Å². The van der Waals surface area contributed by atoms with Crippen molar-refractivity contribution in [1.29, 1.82) is 0 Å². The van der Waals surface area contributed by atoms with Crippen LogP contribution < -0.4 is 9.47 Å². The normalized spacial score (nSPS) is 20.3. The van der Waals surface area contributed by atoms with E-state index in [2.05, 4.69) is 16.0 Å². The number of hydrogen-bond donors (Lipinski definition) is 0. The van der Waals surface area contributed by atoms with Crippen LogP contribution in [0.5, 0.6) is 11.5 Å². The van der Waals surface area contributed by atoms with Crippen LogP contribution in [0.25, 0.3) is 0 Å². The SMILES string of the molecule is O=C([C@@H]1COc2ccccc2O1)N1CCN(Cc2cccnc2)CC1. The molecule has 0 aliphatic carbocycles. The number of carbonyl (C=O) groups excluding carboxylic acids is 1. The second-order valence-corrected chi connectivity index (χ2v) is 6.33. The molecule has 0 unspecified atom stereocenters. The summed E-state index contributed by atoms with van der Waals surface area (Å²) in [4.78, 5) is 21.1. The van der Waals surface area contributed by atoms with Crippen molar-refractivity contribution >= 4 is 5.91 Å². The molecule has 4 rings (SSSR count). The van der Waals surface area contributed by atoms with Crippen LogP contribution in [0.1, 0.15) is 5.56 Å². The smallest absolute Gasteiger partial charge is 0.267 e. The molecule has 0 saturated carbocycles. The van der Waals surface area contributed by atoms with Gasteiger partial charge in [0.2, 0.25) is 6.10 Å². The fraction of sp³-hybridized carbons (Fsp3) is 0.368. The molecule has 1 aromatic heterocycles. The Morgan fingerprint density at radius 3 is 2.64 bits per heavy atom. The maximum absolute atomic E-state index is 12.7. The van der Waals surface area contributed by atoms with E-state index < -0.39 is 6.10 Å². The number of pyridine rings is 1. The molecule has 1 aromatic carbocycles. The van der Waals surface area contributed by atoms with Gasteiger partial charge in [-0.15, -0.1) is 0 Å². The van der Waals surface area contributed by atoms with Crippen LogP contribution in [0, 0.1) is 0 Å². The largest absolute Gasteiger partial charge is 0.485 e. The highest BCUT2D eigenvalue weighted by molar-refractivity contribution is 5.82. The Kier molecular flexibility index (Phi) is 4.52. The fourth-order valence-corrected chi connectivity index (χ4v) is 3.22.